The van der Waals surface area contributed by atoms with Crippen molar-refractivity contribution in [3.63, 3.8) is 0 Å². The van der Waals surface area contributed by atoms with Crippen molar-refractivity contribution in [1.82, 2.24) is 14.7 Å². The Balaban J connectivity index is 0.00000324. The fraction of sp³-hybridized carbons (Fsp3) is 0.833. The van der Waals surface area contributed by atoms with E-state index in [2.05, 4.69) is 0 Å². The van der Waals surface area contributed by atoms with E-state index in [1.807, 2.05) is 13.8 Å². The summed E-state index contributed by atoms with van der Waals surface area (Å²) in [6.45, 7) is 9.40. The van der Waals surface area contributed by atoms with Crippen LogP contribution in [0.4, 0.5) is 4.79 Å². The monoisotopic (exact) mass is 292 g/mol. The summed E-state index contributed by atoms with van der Waals surface area (Å²) < 4.78 is 0. The van der Waals surface area contributed by atoms with E-state index in [1.165, 1.54) is 0 Å². The fourth-order valence-electron chi connectivity index (χ4n) is 2.10. The predicted octanol–water partition coefficient (Wildman–Crippen LogP) is 0.361. The maximum atomic E-state index is 12.1. The molecule has 1 heterocycles. The molecule has 0 radical (unpaired) electrons. The van der Waals surface area contributed by atoms with Gasteiger partial charge in [-0.2, -0.15) is 0 Å². The molecule has 0 aromatic heterocycles. The highest BCUT2D eigenvalue weighted by Gasteiger charge is 2.27. The van der Waals surface area contributed by atoms with Crippen molar-refractivity contribution in [3.05, 3.63) is 0 Å². The van der Waals surface area contributed by atoms with Crippen LogP contribution in [-0.4, -0.2) is 71.9 Å². The lowest BCUT2D eigenvalue weighted by molar-refractivity contribution is -0.133. The van der Waals surface area contributed by atoms with Gasteiger partial charge in [0.2, 0.25) is 5.91 Å². The van der Waals surface area contributed by atoms with Crippen LogP contribution in [0.3, 0.4) is 0 Å². The van der Waals surface area contributed by atoms with E-state index in [-0.39, 0.29) is 24.3 Å². The van der Waals surface area contributed by atoms with Crippen LogP contribution in [0.2, 0.25) is 0 Å². The molecule has 1 rings (SSSR count). The minimum absolute atomic E-state index is 0. The summed E-state index contributed by atoms with van der Waals surface area (Å²) in [6.07, 6.45) is 0. The van der Waals surface area contributed by atoms with Gasteiger partial charge in [-0.05, 0) is 20.8 Å². The SMILES string of the molecule is CCN(CC)C(=O)N1CCN(C(=O)[C@@H](C)N)CC1.Cl. The van der Waals surface area contributed by atoms with E-state index in [9.17, 15) is 9.59 Å². The molecular formula is C12H25ClN4O2. The summed E-state index contributed by atoms with van der Waals surface area (Å²) in [6, 6.07) is -0.400. The van der Waals surface area contributed by atoms with Crippen molar-refractivity contribution in [2.24, 2.45) is 5.73 Å². The van der Waals surface area contributed by atoms with E-state index in [1.54, 1.807) is 21.6 Å². The number of hydrogen-bond acceptors (Lipinski definition) is 3. The number of halogens is 1. The highest BCUT2D eigenvalue weighted by Crippen LogP contribution is 2.06. The molecule has 1 aliphatic rings. The predicted molar refractivity (Wildman–Crippen MR) is 77.4 cm³/mol. The van der Waals surface area contributed by atoms with Crippen LogP contribution in [0, 0.1) is 0 Å². The first-order chi connectivity index (χ1) is 8.51. The molecular weight excluding hydrogens is 268 g/mol. The molecule has 19 heavy (non-hydrogen) atoms. The van der Waals surface area contributed by atoms with Gasteiger partial charge in [0.25, 0.3) is 0 Å². The third kappa shape index (κ3) is 4.54. The number of urea groups is 1. The Kier molecular flexibility index (Phi) is 7.78. The van der Waals surface area contributed by atoms with E-state index >= 15 is 0 Å². The second-order valence-electron chi connectivity index (χ2n) is 4.56. The van der Waals surface area contributed by atoms with Gasteiger partial charge < -0.3 is 20.4 Å². The molecule has 0 aromatic rings. The maximum absolute atomic E-state index is 12.1. The molecule has 0 spiro atoms. The third-order valence-corrected chi connectivity index (χ3v) is 3.29. The zero-order valence-corrected chi connectivity index (χ0v) is 12.8. The van der Waals surface area contributed by atoms with Gasteiger partial charge in [-0.3, -0.25) is 4.79 Å². The van der Waals surface area contributed by atoms with E-state index in [4.69, 9.17) is 5.73 Å². The molecule has 3 amide bonds. The Bertz CT molecular complexity index is 300. The second-order valence-corrected chi connectivity index (χ2v) is 4.56. The highest BCUT2D eigenvalue weighted by atomic mass is 35.5. The molecule has 0 aliphatic carbocycles. The zero-order valence-electron chi connectivity index (χ0n) is 12.0. The quantitative estimate of drug-likeness (QED) is 0.817. The Morgan fingerprint density at radius 1 is 1.11 bits per heavy atom. The Morgan fingerprint density at radius 2 is 1.53 bits per heavy atom. The largest absolute Gasteiger partial charge is 0.338 e. The molecule has 112 valence electrons. The summed E-state index contributed by atoms with van der Waals surface area (Å²) in [7, 11) is 0. The van der Waals surface area contributed by atoms with E-state index in [0.717, 1.165) is 0 Å². The van der Waals surface area contributed by atoms with Gasteiger partial charge in [-0.1, -0.05) is 0 Å². The van der Waals surface area contributed by atoms with E-state index in [0.29, 0.717) is 39.3 Å². The lowest BCUT2D eigenvalue weighted by Gasteiger charge is -2.37. The zero-order chi connectivity index (χ0) is 13.7. The van der Waals surface area contributed by atoms with Gasteiger partial charge in [0, 0.05) is 39.3 Å². The van der Waals surface area contributed by atoms with Gasteiger partial charge in [-0.15, -0.1) is 12.4 Å². The number of nitrogens with zero attached hydrogens (tertiary/aromatic N) is 3. The highest BCUT2D eigenvalue weighted by molar-refractivity contribution is 5.85. The third-order valence-electron chi connectivity index (χ3n) is 3.29. The molecule has 0 aromatic carbocycles. The molecule has 0 bridgehead atoms. The summed E-state index contributed by atoms with van der Waals surface area (Å²) in [4.78, 5) is 29.1. The molecule has 0 unspecified atom stereocenters. The topological polar surface area (TPSA) is 69.9 Å². The van der Waals surface area contributed by atoms with Crippen LogP contribution in [-0.2, 0) is 4.79 Å². The number of carbonyl (C=O) groups is 2. The average Bonchev–Trinajstić information content (AvgIpc) is 2.39. The van der Waals surface area contributed by atoms with Crippen molar-refractivity contribution in [1.29, 1.82) is 0 Å². The Morgan fingerprint density at radius 3 is 1.89 bits per heavy atom. The average molecular weight is 293 g/mol. The first-order valence-electron chi connectivity index (χ1n) is 6.59. The number of rotatable bonds is 3. The van der Waals surface area contributed by atoms with Crippen LogP contribution in [0.15, 0.2) is 0 Å². The van der Waals surface area contributed by atoms with Crippen molar-refractivity contribution >= 4 is 24.3 Å². The number of amides is 3. The summed E-state index contributed by atoms with van der Waals surface area (Å²) in [5.41, 5.74) is 5.57. The van der Waals surface area contributed by atoms with Gasteiger partial charge in [-0.25, -0.2) is 4.79 Å². The summed E-state index contributed by atoms with van der Waals surface area (Å²) in [5.74, 6) is -0.0371. The molecule has 6 nitrogen and oxygen atoms in total. The number of nitrogens with two attached hydrogens (primary N) is 1. The number of carbonyl (C=O) groups excluding carboxylic acids is 2. The van der Waals surface area contributed by atoms with Crippen LogP contribution in [0.1, 0.15) is 20.8 Å². The molecule has 1 aliphatic heterocycles. The lowest BCUT2D eigenvalue weighted by Crippen LogP contribution is -2.56. The molecule has 7 heteroatoms. The van der Waals surface area contributed by atoms with E-state index < -0.39 is 6.04 Å². The lowest BCUT2D eigenvalue weighted by atomic mass is 10.2. The van der Waals surface area contributed by atoms with Crippen LogP contribution in [0.5, 0.6) is 0 Å². The minimum atomic E-state index is -0.463. The number of hydrogen-bond donors (Lipinski definition) is 1. The fourth-order valence-corrected chi connectivity index (χ4v) is 2.10. The first kappa shape index (κ1) is 18.0. The molecule has 0 saturated carbocycles. The normalized spacial score (nSPS) is 16.6. The van der Waals surface area contributed by atoms with Crippen LogP contribution >= 0.6 is 12.4 Å². The maximum Gasteiger partial charge on any atom is 0.320 e. The first-order valence-corrected chi connectivity index (χ1v) is 6.59. The smallest absolute Gasteiger partial charge is 0.320 e. The van der Waals surface area contributed by atoms with Gasteiger partial charge in [0.1, 0.15) is 0 Å². The standard InChI is InChI=1S/C12H24N4O2.ClH/c1-4-14(5-2)12(18)16-8-6-15(7-9-16)11(17)10(3)13;/h10H,4-9,13H2,1-3H3;1H/t10-;/m1./s1. The van der Waals surface area contributed by atoms with Crippen LogP contribution in [0.25, 0.3) is 0 Å². The Hall–Kier alpha value is -1.01. The van der Waals surface area contributed by atoms with Crippen molar-refractivity contribution in [2.75, 3.05) is 39.3 Å². The molecule has 1 saturated heterocycles. The summed E-state index contributed by atoms with van der Waals surface area (Å²) >= 11 is 0. The minimum Gasteiger partial charge on any atom is -0.338 e. The van der Waals surface area contributed by atoms with Gasteiger partial charge >= 0.3 is 6.03 Å². The molecule has 1 atom stereocenters. The molecule has 1 fully saturated rings. The Labute approximate surface area is 121 Å². The van der Waals surface area contributed by atoms with Gasteiger partial charge in [0.05, 0.1) is 6.04 Å². The van der Waals surface area contributed by atoms with Crippen molar-refractivity contribution in [2.45, 2.75) is 26.8 Å². The van der Waals surface area contributed by atoms with Crippen molar-refractivity contribution < 1.29 is 9.59 Å². The summed E-state index contributed by atoms with van der Waals surface area (Å²) in [5, 5.41) is 0. The number of piperazine rings is 1. The van der Waals surface area contributed by atoms with Gasteiger partial charge in [0.15, 0.2) is 0 Å². The van der Waals surface area contributed by atoms with Crippen molar-refractivity contribution in [3.8, 4) is 0 Å². The molecule has 2 N–H and O–H groups in total. The van der Waals surface area contributed by atoms with Crippen LogP contribution < -0.4 is 5.73 Å². The second kappa shape index (κ2) is 8.22.